The molecule has 0 aromatic carbocycles. The number of likely N-dealkylation sites (N-methyl/N-ethyl adjacent to an activating group) is 1. The van der Waals surface area contributed by atoms with Crippen LogP contribution < -0.4 is 5.32 Å². The average Bonchev–Trinajstić information content (AvgIpc) is 2.52. The molecule has 1 rings (SSSR count). The summed E-state index contributed by atoms with van der Waals surface area (Å²) in [5.74, 6) is 0. The van der Waals surface area contributed by atoms with Gasteiger partial charge in [0, 0.05) is 6.54 Å². The van der Waals surface area contributed by atoms with Crippen molar-refractivity contribution >= 4 is 0 Å². The smallest absolute Gasteiger partial charge is 0.0598 e. The van der Waals surface area contributed by atoms with Crippen molar-refractivity contribution in [2.45, 2.75) is 25.9 Å². The Morgan fingerprint density at radius 2 is 2.45 bits per heavy atom. The molecule has 0 spiro atoms. The lowest BCUT2D eigenvalue weighted by Gasteiger charge is -2.26. The summed E-state index contributed by atoms with van der Waals surface area (Å²) in [6.07, 6.45) is 3.02. The summed E-state index contributed by atoms with van der Waals surface area (Å²) in [6.45, 7) is 5.36. The lowest BCUT2D eigenvalue weighted by molar-refractivity contribution is 0.147. The van der Waals surface area contributed by atoms with E-state index in [0.717, 1.165) is 19.6 Å². The second kappa shape index (κ2) is 4.70. The van der Waals surface area contributed by atoms with Crippen LogP contribution in [-0.2, 0) is 0 Å². The van der Waals surface area contributed by atoms with Crippen molar-refractivity contribution in [1.82, 2.24) is 10.2 Å². The summed E-state index contributed by atoms with van der Waals surface area (Å²) >= 11 is 0. The van der Waals surface area contributed by atoms with Crippen molar-refractivity contribution < 1.29 is 5.11 Å². The first-order valence-corrected chi connectivity index (χ1v) is 4.46. The fourth-order valence-corrected chi connectivity index (χ4v) is 1.64. The van der Waals surface area contributed by atoms with Crippen molar-refractivity contribution in [3.05, 3.63) is 0 Å². The highest BCUT2D eigenvalue weighted by Gasteiger charge is 2.19. The van der Waals surface area contributed by atoms with Gasteiger partial charge in [-0.05, 0) is 25.9 Å². The second-order valence-electron chi connectivity index (χ2n) is 2.96. The maximum absolute atomic E-state index is 8.76. The van der Waals surface area contributed by atoms with Crippen LogP contribution in [0.25, 0.3) is 0 Å². The Kier molecular flexibility index (Phi) is 3.83. The number of hydrogen-bond donors (Lipinski definition) is 2. The largest absolute Gasteiger partial charge is 0.395 e. The molecule has 2 N–H and O–H groups in total. The minimum atomic E-state index is 0.270. The van der Waals surface area contributed by atoms with Gasteiger partial charge in [-0.15, -0.1) is 0 Å². The molecule has 1 heterocycles. The first kappa shape index (κ1) is 8.97. The number of rotatable bonds is 4. The topological polar surface area (TPSA) is 35.5 Å². The minimum absolute atomic E-state index is 0.270. The fourth-order valence-electron chi connectivity index (χ4n) is 1.64. The Labute approximate surface area is 68.4 Å². The van der Waals surface area contributed by atoms with Crippen LogP contribution in [0.5, 0.6) is 0 Å². The van der Waals surface area contributed by atoms with Crippen LogP contribution in [0, 0.1) is 0 Å². The second-order valence-corrected chi connectivity index (χ2v) is 2.96. The molecule has 0 radical (unpaired) electrons. The van der Waals surface area contributed by atoms with Gasteiger partial charge < -0.3 is 10.4 Å². The van der Waals surface area contributed by atoms with Crippen LogP contribution in [0.15, 0.2) is 0 Å². The summed E-state index contributed by atoms with van der Waals surface area (Å²) in [6, 6.07) is 0. The molecule has 1 atom stereocenters. The summed E-state index contributed by atoms with van der Waals surface area (Å²) in [4.78, 5) is 2.28. The van der Waals surface area contributed by atoms with Gasteiger partial charge in [0.25, 0.3) is 0 Å². The molecule has 0 aliphatic carbocycles. The molecule has 3 heteroatoms. The van der Waals surface area contributed by atoms with Crippen LogP contribution >= 0.6 is 0 Å². The van der Waals surface area contributed by atoms with E-state index in [2.05, 4.69) is 17.1 Å². The molecule has 1 aliphatic heterocycles. The van der Waals surface area contributed by atoms with E-state index < -0.39 is 0 Å². The molecule has 0 amide bonds. The first-order valence-electron chi connectivity index (χ1n) is 4.46. The van der Waals surface area contributed by atoms with E-state index >= 15 is 0 Å². The Balaban J connectivity index is 2.27. The highest BCUT2D eigenvalue weighted by molar-refractivity contribution is 4.74. The highest BCUT2D eigenvalue weighted by Crippen LogP contribution is 2.09. The van der Waals surface area contributed by atoms with E-state index in [4.69, 9.17) is 5.11 Å². The molecule has 3 nitrogen and oxygen atoms in total. The van der Waals surface area contributed by atoms with Crippen molar-refractivity contribution in [2.75, 3.05) is 26.2 Å². The van der Waals surface area contributed by atoms with Crippen LogP contribution in [0.3, 0.4) is 0 Å². The van der Waals surface area contributed by atoms with Gasteiger partial charge in [0.2, 0.25) is 0 Å². The van der Waals surface area contributed by atoms with E-state index in [0.29, 0.717) is 6.17 Å². The fraction of sp³-hybridized carbons (Fsp3) is 1.00. The molecule has 1 aliphatic rings. The Morgan fingerprint density at radius 3 is 2.91 bits per heavy atom. The van der Waals surface area contributed by atoms with E-state index in [1.165, 1.54) is 12.8 Å². The molecular weight excluding hydrogens is 140 g/mol. The maximum Gasteiger partial charge on any atom is 0.0598 e. The third kappa shape index (κ3) is 2.43. The van der Waals surface area contributed by atoms with Crippen molar-refractivity contribution in [3.63, 3.8) is 0 Å². The molecule has 1 saturated heterocycles. The van der Waals surface area contributed by atoms with Gasteiger partial charge in [-0.1, -0.05) is 6.92 Å². The van der Waals surface area contributed by atoms with Crippen molar-refractivity contribution in [2.24, 2.45) is 0 Å². The molecule has 0 bridgehead atoms. The third-order valence-corrected chi connectivity index (χ3v) is 2.27. The zero-order valence-corrected chi connectivity index (χ0v) is 7.21. The van der Waals surface area contributed by atoms with Gasteiger partial charge >= 0.3 is 0 Å². The van der Waals surface area contributed by atoms with Gasteiger partial charge in [0.15, 0.2) is 0 Å². The molecule has 66 valence electrons. The predicted octanol–water partition coefficient (Wildman–Crippen LogP) is 0.0101. The summed E-state index contributed by atoms with van der Waals surface area (Å²) < 4.78 is 0. The van der Waals surface area contributed by atoms with E-state index in [1.54, 1.807) is 0 Å². The van der Waals surface area contributed by atoms with Crippen LogP contribution in [0.1, 0.15) is 19.8 Å². The number of aliphatic hydroxyl groups is 1. The van der Waals surface area contributed by atoms with Gasteiger partial charge in [0.1, 0.15) is 0 Å². The number of aliphatic hydroxyl groups excluding tert-OH is 1. The highest BCUT2D eigenvalue weighted by atomic mass is 16.3. The first-order chi connectivity index (χ1) is 5.38. The third-order valence-electron chi connectivity index (χ3n) is 2.27. The lowest BCUT2D eigenvalue weighted by Crippen LogP contribution is -2.43. The van der Waals surface area contributed by atoms with Crippen molar-refractivity contribution in [3.8, 4) is 0 Å². The van der Waals surface area contributed by atoms with E-state index in [9.17, 15) is 0 Å². The monoisotopic (exact) mass is 158 g/mol. The van der Waals surface area contributed by atoms with Crippen molar-refractivity contribution in [1.29, 1.82) is 0 Å². The van der Waals surface area contributed by atoms with E-state index in [1.807, 2.05) is 0 Å². The predicted molar refractivity (Wildman–Crippen MR) is 45.4 cm³/mol. The molecule has 0 aromatic heterocycles. The van der Waals surface area contributed by atoms with Gasteiger partial charge in [-0.2, -0.15) is 0 Å². The number of hydrogen-bond acceptors (Lipinski definition) is 3. The van der Waals surface area contributed by atoms with Gasteiger partial charge in [0.05, 0.1) is 12.8 Å². The minimum Gasteiger partial charge on any atom is -0.395 e. The number of nitrogens with one attached hydrogen (secondary N) is 1. The zero-order valence-electron chi connectivity index (χ0n) is 7.21. The quantitative estimate of drug-likeness (QED) is 0.605. The summed E-state index contributed by atoms with van der Waals surface area (Å²) in [7, 11) is 0. The molecule has 0 aromatic rings. The molecule has 1 fully saturated rings. The molecule has 0 saturated carbocycles. The normalized spacial score (nSPS) is 24.8. The SMILES string of the molecule is CCN(CCO)C1CCCN1. The summed E-state index contributed by atoms with van der Waals surface area (Å²) in [5, 5.41) is 12.2. The van der Waals surface area contributed by atoms with Crippen LogP contribution in [-0.4, -0.2) is 42.4 Å². The van der Waals surface area contributed by atoms with Gasteiger partial charge in [-0.25, -0.2) is 0 Å². The standard InChI is InChI=1S/C8H18N2O/c1-2-10(6-7-11)8-4-3-5-9-8/h8-9,11H,2-7H2,1H3. The zero-order chi connectivity index (χ0) is 8.10. The Hall–Kier alpha value is -0.120. The molecule has 11 heavy (non-hydrogen) atoms. The van der Waals surface area contributed by atoms with Gasteiger partial charge in [-0.3, -0.25) is 4.90 Å². The summed E-state index contributed by atoms with van der Waals surface area (Å²) in [5.41, 5.74) is 0. The van der Waals surface area contributed by atoms with E-state index in [-0.39, 0.29) is 6.61 Å². The Bertz CT molecular complexity index is 102. The average molecular weight is 158 g/mol. The van der Waals surface area contributed by atoms with Crippen LogP contribution in [0.2, 0.25) is 0 Å². The Morgan fingerprint density at radius 1 is 1.64 bits per heavy atom. The number of nitrogens with zero attached hydrogens (tertiary/aromatic N) is 1. The van der Waals surface area contributed by atoms with Crippen LogP contribution in [0.4, 0.5) is 0 Å². The lowest BCUT2D eigenvalue weighted by atomic mass is 10.3. The maximum atomic E-state index is 8.76. The molecular formula is C8H18N2O. The molecule has 1 unspecified atom stereocenters.